The van der Waals surface area contributed by atoms with Crippen molar-refractivity contribution in [3.8, 4) is 0 Å². The Bertz CT molecular complexity index is 676. The zero-order valence-corrected chi connectivity index (χ0v) is 17.4. The molecule has 2 amide bonds. The lowest BCUT2D eigenvalue weighted by Gasteiger charge is -2.38. The topological polar surface area (TPSA) is 70.7 Å². The van der Waals surface area contributed by atoms with Crippen LogP contribution in [0.5, 0.6) is 0 Å². The number of rotatable bonds is 8. The van der Waals surface area contributed by atoms with Crippen LogP contribution in [0.15, 0.2) is 17.5 Å². The Morgan fingerprint density at radius 2 is 2.04 bits per heavy atom. The molecule has 7 heteroatoms. The zero-order chi connectivity index (χ0) is 19.5. The van der Waals surface area contributed by atoms with Crippen molar-refractivity contribution in [1.29, 1.82) is 0 Å². The molecule has 4 atom stereocenters. The minimum absolute atomic E-state index is 0.0197. The van der Waals surface area contributed by atoms with Crippen LogP contribution in [0.4, 0.5) is 0 Å². The second-order valence-electron chi connectivity index (χ2n) is 8.66. The second kappa shape index (κ2) is 8.93. The molecular formula is C21H31N3O3S. The number of likely N-dealkylation sites (tertiary alicyclic amines) is 1. The van der Waals surface area contributed by atoms with Crippen LogP contribution in [0.1, 0.15) is 37.5 Å². The van der Waals surface area contributed by atoms with Crippen LogP contribution >= 0.6 is 11.3 Å². The Morgan fingerprint density at radius 3 is 2.71 bits per heavy atom. The normalized spacial score (nSPS) is 30.0. The van der Waals surface area contributed by atoms with E-state index >= 15 is 0 Å². The molecule has 3 fully saturated rings. The van der Waals surface area contributed by atoms with Gasteiger partial charge in [-0.25, -0.2) is 0 Å². The standard InChI is InChI=1S/C21H31N3O3S/c1-14(25)23-19-7-16-10-24(12-21(26)22-9-18-3-2-6-28-18)11-17(16)8-20(19)27-13-15-4-5-15/h2-3,6,15-17,19-20H,4-5,7-13H2,1H3,(H,22,26)(H,23,25)/t16-,17+,19-,20-/m1/s1. The monoisotopic (exact) mass is 405 g/mol. The molecular weight excluding hydrogens is 374 g/mol. The van der Waals surface area contributed by atoms with Gasteiger partial charge in [0, 0.05) is 31.5 Å². The first-order chi connectivity index (χ1) is 13.6. The minimum atomic E-state index is 0.0197. The molecule has 1 aromatic heterocycles. The summed E-state index contributed by atoms with van der Waals surface area (Å²) in [6.45, 7) is 5.36. The predicted octanol–water partition coefficient (Wildman–Crippen LogP) is 2.01. The van der Waals surface area contributed by atoms with Crippen molar-refractivity contribution in [2.45, 2.75) is 51.3 Å². The summed E-state index contributed by atoms with van der Waals surface area (Å²) in [7, 11) is 0. The molecule has 2 N–H and O–H groups in total. The molecule has 0 bridgehead atoms. The van der Waals surface area contributed by atoms with Gasteiger partial charge < -0.3 is 15.4 Å². The van der Waals surface area contributed by atoms with Crippen LogP contribution in [0.2, 0.25) is 0 Å². The van der Waals surface area contributed by atoms with E-state index in [0.29, 0.717) is 24.9 Å². The Kier molecular flexibility index (Phi) is 6.33. The summed E-state index contributed by atoms with van der Waals surface area (Å²) >= 11 is 1.66. The Morgan fingerprint density at radius 1 is 1.25 bits per heavy atom. The maximum atomic E-state index is 12.3. The number of nitrogens with one attached hydrogen (secondary N) is 2. The van der Waals surface area contributed by atoms with E-state index in [0.717, 1.165) is 38.5 Å². The van der Waals surface area contributed by atoms with Gasteiger partial charge >= 0.3 is 0 Å². The molecule has 2 heterocycles. The summed E-state index contributed by atoms with van der Waals surface area (Å²) in [5, 5.41) is 8.17. The van der Waals surface area contributed by atoms with Gasteiger partial charge in [0.1, 0.15) is 0 Å². The molecule has 0 unspecified atom stereocenters. The third kappa shape index (κ3) is 5.33. The molecule has 1 aliphatic heterocycles. The third-order valence-corrected chi connectivity index (χ3v) is 7.11. The van der Waals surface area contributed by atoms with Crippen molar-refractivity contribution in [2.75, 3.05) is 26.2 Å². The fourth-order valence-electron chi connectivity index (χ4n) is 4.64. The molecule has 28 heavy (non-hydrogen) atoms. The predicted molar refractivity (Wildman–Crippen MR) is 109 cm³/mol. The lowest BCUT2D eigenvalue weighted by molar-refractivity contribution is -0.123. The molecule has 0 radical (unpaired) electrons. The Hall–Kier alpha value is -1.44. The van der Waals surface area contributed by atoms with Gasteiger partial charge in [0.2, 0.25) is 11.8 Å². The van der Waals surface area contributed by atoms with E-state index in [-0.39, 0.29) is 24.0 Å². The number of carbonyl (C=O) groups is 2. The zero-order valence-electron chi connectivity index (χ0n) is 16.6. The fourth-order valence-corrected chi connectivity index (χ4v) is 5.28. The number of fused-ring (bicyclic) bond motifs is 1. The highest BCUT2D eigenvalue weighted by atomic mass is 32.1. The van der Waals surface area contributed by atoms with Gasteiger partial charge in [-0.05, 0) is 54.9 Å². The number of nitrogens with zero attached hydrogens (tertiary/aromatic N) is 1. The number of hydrogen-bond acceptors (Lipinski definition) is 5. The van der Waals surface area contributed by atoms with Crippen molar-refractivity contribution in [2.24, 2.45) is 17.8 Å². The molecule has 154 valence electrons. The summed E-state index contributed by atoms with van der Waals surface area (Å²) in [6.07, 6.45) is 4.59. The third-order valence-electron chi connectivity index (χ3n) is 6.23. The van der Waals surface area contributed by atoms with Crippen molar-refractivity contribution in [3.05, 3.63) is 22.4 Å². The van der Waals surface area contributed by atoms with Crippen LogP contribution in [-0.4, -0.2) is 55.1 Å². The van der Waals surface area contributed by atoms with Crippen LogP contribution in [0.25, 0.3) is 0 Å². The van der Waals surface area contributed by atoms with E-state index in [1.807, 2.05) is 17.5 Å². The van der Waals surface area contributed by atoms with Gasteiger partial charge in [-0.2, -0.15) is 0 Å². The van der Waals surface area contributed by atoms with E-state index in [2.05, 4.69) is 15.5 Å². The fraction of sp³-hybridized carbons (Fsp3) is 0.714. The lowest BCUT2D eigenvalue weighted by atomic mass is 9.77. The van der Waals surface area contributed by atoms with Crippen LogP contribution in [0, 0.1) is 17.8 Å². The summed E-state index contributed by atoms with van der Waals surface area (Å²) in [4.78, 5) is 27.4. The maximum Gasteiger partial charge on any atom is 0.234 e. The molecule has 3 aliphatic rings. The second-order valence-corrected chi connectivity index (χ2v) is 9.70. The van der Waals surface area contributed by atoms with Crippen molar-refractivity contribution in [3.63, 3.8) is 0 Å². The molecule has 4 rings (SSSR count). The number of hydrogen-bond donors (Lipinski definition) is 2. The molecule has 6 nitrogen and oxygen atoms in total. The number of thiophene rings is 1. The Balaban J connectivity index is 1.27. The largest absolute Gasteiger partial charge is 0.376 e. The first-order valence-electron chi connectivity index (χ1n) is 10.5. The molecule has 1 aromatic rings. The quantitative estimate of drug-likeness (QED) is 0.694. The summed E-state index contributed by atoms with van der Waals surface area (Å²) in [5.74, 6) is 1.92. The van der Waals surface area contributed by atoms with E-state index < -0.39 is 0 Å². The number of amides is 2. The van der Waals surface area contributed by atoms with Gasteiger partial charge in [0.25, 0.3) is 0 Å². The van der Waals surface area contributed by atoms with E-state index in [9.17, 15) is 9.59 Å². The minimum Gasteiger partial charge on any atom is -0.376 e. The van der Waals surface area contributed by atoms with E-state index in [4.69, 9.17) is 4.74 Å². The highest BCUT2D eigenvalue weighted by Gasteiger charge is 2.43. The van der Waals surface area contributed by atoms with Crippen LogP contribution in [0.3, 0.4) is 0 Å². The summed E-state index contributed by atoms with van der Waals surface area (Å²) < 4.78 is 6.21. The first kappa shape index (κ1) is 19.9. The average Bonchev–Trinajstić information content (AvgIpc) is 3.17. The maximum absolute atomic E-state index is 12.3. The summed E-state index contributed by atoms with van der Waals surface area (Å²) in [5.41, 5.74) is 0. The van der Waals surface area contributed by atoms with Crippen molar-refractivity contribution >= 4 is 23.2 Å². The molecule has 0 aromatic carbocycles. The first-order valence-corrected chi connectivity index (χ1v) is 11.3. The van der Waals surface area contributed by atoms with Gasteiger partial charge in [0.15, 0.2) is 0 Å². The average molecular weight is 406 g/mol. The lowest BCUT2D eigenvalue weighted by Crippen LogP contribution is -2.50. The van der Waals surface area contributed by atoms with E-state index in [1.54, 1.807) is 18.3 Å². The SMILES string of the molecule is CC(=O)N[C@@H]1C[C@@H]2CN(CC(=O)NCc3cccs3)C[C@@H]2C[C@H]1OCC1CC1. The van der Waals surface area contributed by atoms with Crippen LogP contribution < -0.4 is 10.6 Å². The van der Waals surface area contributed by atoms with Gasteiger partial charge in [-0.1, -0.05) is 6.07 Å². The highest BCUT2D eigenvalue weighted by Crippen LogP contribution is 2.38. The summed E-state index contributed by atoms with van der Waals surface area (Å²) in [6, 6.07) is 4.15. The number of carbonyl (C=O) groups excluding carboxylic acids is 2. The van der Waals surface area contributed by atoms with Gasteiger partial charge in [0.05, 0.1) is 25.2 Å². The molecule has 2 saturated carbocycles. The number of ether oxygens (including phenoxy) is 1. The smallest absolute Gasteiger partial charge is 0.234 e. The molecule has 1 saturated heterocycles. The van der Waals surface area contributed by atoms with E-state index in [1.165, 1.54) is 17.7 Å². The highest BCUT2D eigenvalue weighted by molar-refractivity contribution is 7.09. The van der Waals surface area contributed by atoms with Crippen molar-refractivity contribution in [1.82, 2.24) is 15.5 Å². The Labute approximate surface area is 171 Å². The van der Waals surface area contributed by atoms with Gasteiger partial charge in [-0.15, -0.1) is 11.3 Å². The van der Waals surface area contributed by atoms with Crippen molar-refractivity contribution < 1.29 is 14.3 Å². The molecule has 2 aliphatic carbocycles. The van der Waals surface area contributed by atoms with Gasteiger partial charge in [-0.3, -0.25) is 14.5 Å². The van der Waals surface area contributed by atoms with Crippen LogP contribution in [-0.2, 0) is 20.9 Å². The molecule has 0 spiro atoms.